The van der Waals surface area contributed by atoms with Gasteiger partial charge in [0, 0.05) is 6.42 Å². The van der Waals surface area contributed by atoms with Gasteiger partial charge in [-0.3, -0.25) is 4.79 Å². The van der Waals surface area contributed by atoms with Crippen molar-refractivity contribution in [2.75, 3.05) is 7.11 Å². The molecule has 1 fully saturated rings. The number of hydrogen-bond donors (Lipinski definition) is 0. The molecule has 0 radical (unpaired) electrons. The van der Waals surface area contributed by atoms with Crippen LogP contribution in [0.3, 0.4) is 0 Å². The second-order valence-electron chi connectivity index (χ2n) is 5.86. The third-order valence-electron chi connectivity index (χ3n) is 3.75. The van der Waals surface area contributed by atoms with Gasteiger partial charge in [-0.2, -0.15) is 0 Å². The molecule has 0 aliphatic heterocycles. The van der Waals surface area contributed by atoms with E-state index in [9.17, 15) is 4.79 Å². The van der Waals surface area contributed by atoms with Crippen LogP contribution in [-0.2, 0) is 9.53 Å². The summed E-state index contributed by atoms with van der Waals surface area (Å²) in [5.74, 6) is 1.34. The van der Waals surface area contributed by atoms with Crippen LogP contribution in [0.4, 0.5) is 0 Å². The van der Waals surface area contributed by atoms with Crippen molar-refractivity contribution in [2.24, 2.45) is 17.3 Å². The molecule has 0 heterocycles. The SMILES string of the molecule is COC(=O)CC1CCC(C(C)(C)C)CC1. The second kappa shape index (κ2) is 5.00. The minimum absolute atomic E-state index is 0.0470. The largest absolute Gasteiger partial charge is 0.469 e. The van der Waals surface area contributed by atoms with Gasteiger partial charge in [-0.05, 0) is 42.9 Å². The van der Waals surface area contributed by atoms with Crippen LogP contribution in [0.1, 0.15) is 52.9 Å². The molecule has 0 spiro atoms. The third-order valence-corrected chi connectivity index (χ3v) is 3.75. The molecule has 2 nitrogen and oxygen atoms in total. The molecule has 0 unspecified atom stereocenters. The molecule has 0 aromatic rings. The molecule has 1 aliphatic rings. The summed E-state index contributed by atoms with van der Waals surface area (Å²) in [5.41, 5.74) is 0.427. The van der Waals surface area contributed by atoms with Gasteiger partial charge in [-0.1, -0.05) is 20.8 Å². The average Bonchev–Trinajstić information content (AvgIpc) is 2.17. The fraction of sp³-hybridized carbons (Fsp3) is 0.923. The number of methoxy groups -OCH3 is 1. The van der Waals surface area contributed by atoms with Crippen molar-refractivity contribution in [3.05, 3.63) is 0 Å². The second-order valence-corrected chi connectivity index (χ2v) is 5.86. The van der Waals surface area contributed by atoms with Crippen LogP contribution < -0.4 is 0 Å². The highest BCUT2D eigenvalue weighted by Crippen LogP contribution is 2.40. The molecule has 1 aliphatic carbocycles. The number of rotatable bonds is 2. The predicted octanol–water partition coefficient (Wildman–Crippen LogP) is 3.40. The lowest BCUT2D eigenvalue weighted by Gasteiger charge is -2.36. The van der Waals surface area contributed by atoms with Crippen LogP contribution in [0.25, 0.3) is 0 Å². The van der Waals surface area contributed by atoms with E-state index in [1.165, 1.54) is 32.8 Å². The Hall–Kier alpha value is -0.530. The minimum atomic E-state index is -0.0470. The van der Waals surface area contributed by atoms with E-state index in [0.717, 1.165) is 5.92 Å². The van der Waals surface area contributed by atoms with Crippen molar-refractivity contribution in [1.82, 2.24) is 0 Å². The van der Waals surface area contributed by atoms with Gasteiger partial charge in [0.05, 0.1) is 7.11 Å². The van der Waals surface area contributed by atoms with Crippen LogP contribution in [0.2, 0.25) is 0 Å². The summed E-state index contributed by atoms with van der Waals surface area (Å²) in [5, 5.41) is 0. The van der Waals surface area contributed by atoms with Gasteiger partial charge in [0.25, 0.3) is 0 Å². The van der Waals surface area contributed by atoms with Crippen molar-refractivity contribution in [2.45, 2.75) is 52.9 Å². The molecule has 0 saturated heterocycles. The van der Waals surface area contributed by atoms with Gasteiger partial charge in [0.15, 0.2) is 0 Å². The Morgan fingerprint density at radius 2 is 1.73 bits per heavy atom. The summed E-state index contributed by atoms with van der Waals surface area (Å²) in [4.78, 5) is 11.1. The summed E-state index contributed by atoms with van der Waals surface area (Å²) in [6, 6.07) is 0. The monoisotopic (exact) mass is 212 g/mol. The molecule has 0 aromatic heterocycles. The Bertz CT molecular complexity index is 207. The maximum Gasteiger partial charge on any atom is 0.305 e. The highest BCUT2D eigenvalue weighted by molar-refractivity contribution is 5.69. The fourth-order valence-electron chi connectivity index (χ4n) is 2.55. The zero-order chi connectivity index (χ0) is 11.5. The number of carbonyl (C=O) groups is 1. The zero-order valence-corrected chi connectivity index (χ0v) is 10.5. The van der Waals surface area contributed by atoms with Crippen LogP contribution in [0.15, 0.2) is 0 Å². The molecular weight excluding hydrogens is 188 g/mol. The molecule has 0 amide bonds. The smallest absolute Gasteiger partial charge is 0.305 e. The van der Waals surface area contributed by atoms with E-state index in [0.29, 0.717) is 17.8 Å². The van der Waals surface area contributed by atoms with Crippen LogP contribution in [0, 0.1) is 17.3 Å². The van der Waals surface area contributed by atoms with Crippen molar-refractivity contribution >= 4 is 5.97 Å². The van der Waals surface area contributed by atoms with Crippen LogP contribution in [0.5, 0.6) is 0 Å². The first-order valence-corrected chi connectivity index (χ1v) is 6.00. The highest BCUT2D eigenvalue weighted by atomic mass is 16.5. The Balaban J connectivity index is 2.33. The van der Waals surface area contributed by atoms with E-state index in [1.807, 2.05) is 0 Å². The van der Waals surface area contributed by atoms with E-state index in [4.69, 9.17) is 4.74 Å². The number of ether oxygens (including phenoxy) is 1. The number of esters is 1. The van der Waals surface area contributed by atoms with Crippen LogP contribution in [-0.4, -0.2) is 13.1 Å². The maximum atomic E-state index is 11.1. The summed E-state index contributed by atoms with van der Waals surface area (Å²) in [7, 11) is 1.48. The molecule has 0 atom stereocenters. The summed E-state index contributed by atoms with van der Waals surface area (Å²) in [6.07, 6.45) is 5.54. The predicted molar refractivity (Wildman–Crippen MR) is 61.5 cm³/mol. The lowest BCUT2D eigenvalue weighted by Crippen LogP contribution is -2.26. The lowest BCUT2D eigenvalue weighted by atomic mass is 9.69. The first-order chi connectivity index (χ1) is 6.93. The van der Waals surface area contributed by atoms with Crippen LogP contribution >= 0.6 is 0 Å². The van der Waals surface area contributed by atoms with Gasteiger partial charge in [0.1, 0.15) is 0 Å². The topological polar surface area (TPSA) is 26.3 Å². The molecule has 0 bridgehead atoms. The van der Waals surface area contributed by atoms with Crippen molar-refractivity contribution in [1.29, 1.82) is 0 Å². The van der Waals surface area contributed by atoms with Gasteiger partial charge >= 0.3 is 5.97 Å². The molecule has 1 rings (SSSR count). The highest BCUT2D eigenvalue weighted by Gasteiger charge is 2.30. The van der Waals surface area contributed by atoms with Crippen molar-refractivity contribution < 1.29 is 9.53 Å². The molecule has 0 aromatic carbocycles. The average molecular weight is 212 g/mol. The lowest BCUT2D eigenvalue weighted by molar-refractivity contribution is -0.142. The van der Waals surface area contributed by atoms with E-state index >= 15 is 0 Å². The Labute approximate surface area is 93.4 Å². The van der Waals surface area contributed by atoms with Crippen molar-refractivity contribution in [3.63, 3.8) is 0 Å². The quantitative estimate of drug-likeness (QED) is 0.656. The van der Waals surface area contributed by atoms with E-state index in [1.54, 1.807) is 0 Å². The zero-order valence-electron chi connectivity index (χ0n) is 10.5. The van der Waals surface area contributed by atoms with Crippen molar-refractivity contribution in [3.8, 4) is 0 Å². The minimum Gasteiger partial charge on any atom is -0.469 e. The summed E-state index contributed by atoms with van der Waals surface area (Å²) < 4.78 is 4.71. The molecule has 1 saturated carbocycles. The molecular formula is C13H24O2. The maximum absolute atomic E-state index is 11.1. The molecule has 15 heavy (non-hydrogen) atoms. The normalized spacial score (nSPS) is 27.5. The van der Waals surface area contributed by atoms with E-state index < -0.39 is 0 Å². The van der Waals surface area contributed by atoms with Gasteiger partial charge in [0.2, 0.25) is 0 Å². The summed E-state index contributed by atoms with van der Waals surface area (Å²) >= 11 is 0. The van der Waals surface area contributed by atoms with E-state index in [-0.39, 0.29) is 5.97 Å². The third kappa shape index (κ3) is 3.84. The van der Waals surface area contributed by atoms with E-state index in [2.05, 4.69) is 20.8 Å². The van der Waals surface area contributed by atoms with Gasteiger partial charge < -0.3 is 4.74 Å². The Morgan fingerprint density at radius 1 is 1.20 bits per heavy atom. The summed E-state index contributed by atoms with van der Waals surface area (Å²) in [6.45, 7) is 6.95. The molecule has 88 valence electrons. The molecule has 2 heteroatoms. The van der Waals surface area contributed by atoms with Gasteiger partial charge in [-0.15, -0.1) is 0 Å². The fourth-order valence-corrected chi connectivity index (χ4v) is 2.55. The standard InChI is InChI=1S/C13H24O2/c1-13(2,3)11-7-5-10(6-8-11)9-12(14)15-4/h10-11H,5-9H2,1-4H3. The first kappa shape index (κ1) is 12.5. The van der Waals surface area contributed by atoms with Gasteiger partial charge in [-0.25, -0.2) is 0 Å². The first-order valence-electron chi connectivity index (χ1n) is 6.00. The molecule has 0 N–H and O–H groups in total. The Morgan fingerprint density at radius 3 is 2.13 bits per heavy atom. The number of hydrogen-bond acceptors (Lipinski definition) is 2. The Kier molecular flexibility index (Phi) is 4.18. The number of carbonyl (C=O) groups excluding carboxylic acids is 1.